The molecule has 0 fully saturated rings. The highest BCUT2D eigenvalue weighted by Gasteiger charge is 2.31. The number of alkyl halides is 3. The fourth-order valence-corrected chi connectivity index (χ4v) is 2.63. The van der Waals surface area contributed by atoms with Crippen molar-refractivity contribution in [2.45, 2.75) is 18.6 Å². The van der Waals surface area contributed by atoms with Gasteiger partial charge in [0.25, 0.3) is 0 Å². The highest BCUT2D eigenvalue weighted by Crippen LogP contribution is 2.34. The minimum absolute atomic E-state index is 0.218. The van der Waals surface area contributed by atoms with Gasteiger partial charge in [-0.2, -0.15) is 13.2 Å². The second kappa shape index (κ2) is 6.58. The smallest absolute Gasteiger partial charge is 0.313 e. The third-order valence-corrected chi connectivity index (χ3v) is 3.96. The van der Waals surface area contributed by atoms with Gasteiger partial charge in [0.1, 0.15) is 0 Å². The molecule has 0 aliphatic heterocycles. The normalized spacial score (nSPS) is 13.2. The van der Waals surface area contributed by atoms with Crippen molar-refractivity contribution in [2.75, 3.05) is 7.05 Å². The summed E-state index contributed by atoms with van der Waals surface area (Å²) in [5.41, 5.74) is 0.952. The monoisotopic (exact) mass is 358 g/mol. The SMILES string of the molecule is CNC(Cc1ccncc1)c1cc(C(F)(F)F)ccc1Br. The zero-order valence-electron chi connectivity index (χ0n) is 11.3. The number of halogens is 4. The molecule has 1 aromatic carbocycles. The summed E-state index contributed by atoms with van der Waals surface area (Å²) < 4.78 is 39.2. The fraction of sp³-hybridized carbons (Fsp3) is 0.267. The van der Waals surface area contributed by atoms with Crippen LogP contribution in [0, 0.1) is 0 Å². The van der Waals surface area contributed by atoms with E-state index in [9.17, 15) is 13.2 Å². The lowest BCUT2D eigenvalue weighted by Crippen LogP contribution is -2.20. The van der Waals surface area contributed by atoms with Gasteiger partial charge in [-0.1, -0.05) is 15.9 Å². The first-order valence-corrected chi connectivity index (χ1v) is 7.14. The number of hydrogen-bond acceptors (Lipinski definition) is 2. The van der Waals surface area contributed by atoms with Gasteiger partial charge in [0, 0.05) is 22.9 Å². The van der Waals surface area contributed by atoms with Crippen LogP contribution in [-0.2, 0) is 12.6 Å². The molecule has 112 valence electrons. The first kappa shape index (κ1) is 16.0. The summed E-state index contributed by atoms with van der Waals surface area (Å²) in [4.78, 5) is 3.94. The molecule has 21 heavy (non-hydrogen) atoms. The summed E-state index contributed by atoms with van der Waals surface area (Å²) in [5.74, 6) is 0. The molecular weight excluding hydrogens is 345 g/mol. The van der Waals surface area contributed by atoms with Gasteiger partial charge in [0.15, 0.2) is 0 Å². The molecule has 0 saturated heterocycles. The number of likely N-dealkylation sites (N-methyl/N-ethyl adjacent to an activating group) is 1. The molecule has 1 atom stereocenters. The molecule has 0 saturated carbocycles. The minimum atomic E-state index is -4.34. The van der Waals surface area contributed by atoms with Crippen molar-refractivity contribution >= 4 is 15.9 Å². The van der Waals surface area contributed by atoms with E-state index in [1.807, 2.05) is 12.1 Å². The van der Waals surface area contributed by atoms with E-state index in [0.29, 0.717) is 16.5 Å². The molecule has 0 aliphatic rings. The standard InChI is InChI=1S/C15H14BrF3N2/c1-20-14(8-10-4-6-21-7-5-10)12-9-11(15(17,18)19)2-3-13(12)16/h2-7,9,14,20H,8H2,1H3. The van der Waals surface area contributed by atoms with E-state index in [1.54, 1.807) is 19.4 Å². The van der Waals surface area contributed by atoms with E-state index in [2.05, 4.69) is 26.2 Å². The van der Waals surface area contributed by atoms with Crippen LogP contribution in [0.2, 0.25) is 0 Å². The Kier molecular flexibility index (Phi) is 5.00. The second-order valence-electron chi connectivity index (χ2n) is 4.63. The minimum Gasteiger partial charge on any atom is -0.313 e. The Labute approximate surface area is 129 Å². The number of rotatable bonds is 4. The van der Waals surface area contributed by atoms with Crippen molar-refractivity contribution in [1.82, 2.24) is 10.3 Å². The van der Waals surface area contributed by atoms with Gasteiger partial charge in [-0.3, -0.25) is 4.98 Å². The van der Waals surface area contributed by atoms with Crippen molar-refractivity contribution in [2.24, 2.45) is 0 Å². The van der Waals surface area contributed by atoms with Crippen LogP contribution in [0.25, 0.3) is 0 Å². The molecule has 2 rings (SSSR count). The molecule has 0 aliphatic carbocycles. The maximum atomic E-state index is 12.8. The van der Waals surface area contributed by atoms with Gasteiger partial charge in [-0.25, -0.2) is 0 Å². The van der Waals surface area contributed by atoms with E-state index >= 15 is 0 Å². The summed E-state index contributed by atoms with van der Waals surface area (Å²) in [6.45, 7) is 0. The van der Waals surface area contributed by atoms with Gasteiger partial charge in [0.05, 0.1) is 5.56 Å². The van der Waals surface area contributed by atoms with E-state index in [0.717, 1.165) is 11.6 Å². The topological polar surface area (TPSA) is 24.9 Å². The summed E-state index contributed by atoms with van der Waals surface area (Å²) in [6, 6.07) is 7.19. The lowest BCUT2D eigenvalue weighted by atomic mass is 9.98. The van der Waals surface area contributed by atoms with E-state index in [1.165, 1.54) is 12.1 Å². The summed E-state index contributed by atoms with van der Waals surface area (Å²) in [7, 11) is 1.73. The Balaban J connectivity index is 2.33. The number of hydrogen-bond donors (Lipinski definition) is 1. The van der Waals surface area contributed by atoms with E-state index in [4.69, 9.17) is 0 Å². The molecule has 0 spiro atoms. The predicted molar refractivity (Wildman–Crippen MR) is 78.9 cm³/mol. The number of pyridine rings is 1. The molecule has 1 unspecified atom stereocenters. The molecule has 0 amide bonds. The van der Waals surface area contributed by atoms with Crippen LogP contribution in [0.3, 0.4) is 0 Å². The van der Waals surface area contributed by atoms with Crippen molar-refractivity contribution in [3.05, 3.63) is 63.9 Å². The molecule has 1 aromatic heterocycles. The highest BCUT2D eigenvalue weighted by atomic mass is 79.9. The quantitative estimate of drug-likeness (QED) is 0.877. The largest absolute Gasteiger partial charge is 0.416 e. The highest BCUT2D eigenvalue weighted by molar-refractivity contribution is 9.10. The van der Waals surface area contributed by atoms with Crippen molar-refractivity contribution in [3.63, 3.8) is 0 Å². The number of nitrogens with zero attached hydrogens (tertiary/aromatic N) is 1. The lowest BCUT2D eigenvalue weighted by molar-refractivity contribution is -0.137. The van der Waals surface area contributed by atoms with Crippen LogP contribution >= 0.6 is 15.9 Å². The number of aromatic nitrogens is 1. The molecular formula is C15H14BrF3N2. The van der Waals surface area contributed by atoms with Gasteiger partial charge in [0.2, 0.25) is 0 Å². The van der Waals surface area contributed by atoms with E-state index in [-0.39, 0.29) is 6.04 Å². The summed E-state index contributed by atoms with van der Waals surface area (Å²) in [6.07, 6.45) is -0.421. The van der Waals surface area contributed by atoms with Crippen molar-refractivity contribution in [3.8, 4) is 0 Å². The Bertz CT molecular complexity index is 600. The molecule has 0 bridgehead atoms. The Morgan fingerprint density at radius 2 is 1.86 bits per heavy atom. The molecule has 2 aromatic rings. The zero-order valence-corrected chi connectivity index (χ0v) is 12.9. The Morgan fingerprint density at radius 1 is 1.19 bits per heavy atom. The second-order valence-corrected chi connectivity index (χ2v) is 5.49. The van der Waals surface area contributed by atoms with Gasteiger partial charge >= 0.3 is 6.18 Å². The van der Waals surface area contributed by atoms with Crippen LogP contribution in [0.1, 0.15) is 22.7 Å². The Morgan fingerprint density at radius 3 is 2.43 bits per heavy atom. The molecule has 6 heteroatoms. The number of benzene rings is 1. The van der Waals surface area contributed by atoms with Crippen LogP contribution in [0.15, 0.2) is 47.2 Å². The Hall–Kier alpha value is -1.40. The maximum Gasteiger partial charge on any atom is 0.416 e. The first-order chi connectivity index (χ1) is 9.91. The lowest BCUT2D eigenvalue weighted by Gasteiger charge is -2.20. The van der Waals surface area contributed by atoms with Crippen LogP contribution in [0.4, 0.5) is 13.2 Å². The van der Waals surface area contributed by atoms with Gasteiger partial charge in [-0.05, 0) is 54.9 Å². The van der Waals surface area contributed by atoms with Crippen molar-refractivity contribution in [1.29, 1.82) is 0 Å². The molecule has 2 nitrogen and oxygen atoms in total. The molecule has 0 radical (unpaired) electrons. The molecule has 1 heterocycles. The predicted octanol–water partition coefficient (Wildman–Crippen LogP) is 4.37. The van der Waals surface area contributed by atoms with Crippen LogP contribution < -0.4 is 5.32 Å². The first-order valence-electron chi connectivity index (χ1n) is 6.34. The van der Waals surface area contributed by atoms with Crippen LogP contribution in [0.5, 0.6) is 0 Å². The third kappa shape index (κ3) is 4.04. The zero-order chi connectivity index (χ0) is 15.5. The van der Waals surface area contributed by atoms with Gasteiger partial charge in [-0.15, -0.1) is 0 Å². The number of nitrogens with one attached hydrogen (secondary N) is 1. The average molecular weight is 359 g/mol. The summed E-state index contributed by atoms with van der Waals surface area (Å²) in [5, 5.41) is 3.07. The molecule has 1 N–H and O–H groups in total. The fourth-order valence-electron chi connectivity index (χ4n) is 2.11. The summed E-state index contributed by atoms with van der Waals surface area (Å²) >= 11 is 3.33. The van der Waals surface area contributed by atoms with Crippen molar-refractivity contribution < 1.29 is 13.2 Å². The van der Waals surface area contributed by atoms with Gasteiger partial charge < -0.3 is 5.32 Å². The average Bonchev–Trinajstić information content (AvgIpc) is 2.45. The van der Waals surface area contributed by atoms with E-state index < -0.39 is 11.7 Å². The third-order valence-electron chi connectivity index (χ3n) is 3.24. The maximum absolute atomic E-state index is 12.8. The van der Waals surface area contributed by atoms with Crippen LogP contribution in [-0.4, -0.2) is 12.0 Å².